The molecule has 0 fully saturated rings. The van der Waals surface area contributed by atoms with Gasteiger partial charge in [0.1, 0.15) is 5.69 Å². The van der Waals surface area contributed by atoms with Crippen LogP contribution >= 0.6 is 27.5 Å². The summed E-state index contributed by atoms with van der Waals surface area (Å²) in [4.78, 5) is 12.0. The van der Waals surface area contributed by atoms with Crippen molar-refractivity contribution >= 4 is 44.8 Å². The summed E-state index contributed by atoms with van der Waals surface area (Å²) < 4.78 is 27.7. The van der Waals surface area contributed by atoms with Crippen molar-refractivity contribution in [3.8, 4) is 0 Å². The van der Waals surface area contributed by atoms with Crippen molar-refractivity contribution in [2.45, 2.75) is 0 Å². The Bertz CT molecular complexity index is 689. The van der Waals surface area contributed by atoms with Crippen LogP contribution in [0.3, 0.4) is 0 Å². The lowest BCUT2D eigenvalue weighted by atomic mass is 10.1. The topological polar surface area (TPSA) is 67.1 Å². The molecule has 0 aliphatic rings. The van der Waals surface area contributed by atoms with Gasteiger partial charge >= 0.3 is 0 Å². The normalized spacial score (nSPS) is 10.3. The molecule has 0 atom stereocenters. The van der Waals surface area contributed by atoms with Crippen molar-refractivity contribution in [2.24, 2.45) is 5.84 Å². The Balaban J connectivity index is 2.31. The summed E-state index contributed by atoms with van der Waals surface area (Å²) in [6.07, 6.45) is 0. The van der Waals surface area contributed by atoms with Crippen LogP contribution in [0.25, 0.3) is 0 Å². The number of carbonyl (C=O) groups is 1. The number of hydrogen-bond donors (Lipinski definition) is 3. The Morgan fingerprint density at radius 2 is 1.81 bits per heavy atom. The van der Waals surface area contributed by atoms with E-state index in [-0.39, 0.29) is 5.56 Å². The minimum absolute atomic E-state index is 0.184. The van der Waals surface area contributed by atoms with Crippen LogP contribution in [-0.2, 0) is 0 Å². The number of hydrogen-bond acceptors (Lipinski definition) is 3. The van der Waals surface area contributed by atoms with Gasteiger partial charge in [-0.15, -0.1) is 0 Å². The molecular formula is C13H9BrClF2N3O. The third-order valence-electron chi connectivity index (χ3n) is 2.63. The first kappa shape index (κ1) is 15.7. The van der Waals surface area contributed by atoms with Gasteiger partial charge in [0, 0.05) is 15.1 Å². The number of nitrogens with two attached hydrogens (primary N) is 1. The van der Waals surface area contributed by atoms with Gasteiger partial charge in [-0.1, -0.05) is 11.6 Å². The molecule has 0 saturated carbocycles. The fourth-order valence-electron chi connectivity index (χ4n) is 1.63. The van der Waals surface area contributed by atoms with Gasteiger partial charge in [0.2, 0.25) is 0 Å². The zero-order valence-corrected chi connectivity index (χ0v) is 12.7. The molecule has 2 aromatic rings. The Labute approximate surface area is 132 Å². The van der Waals surface area contributed by atoms with E-state index in [1.54, 1.807) is 12.1 Å². The number of nitrogens with one attached hydrogen (secondary N) is 2. The monoisotopic (exact) mass is 375 g/mol. The van der Waals surface area contributed by atoms with Crippen molar-refractivity contribution in [1.82, 2.24) is 0 Å². The second-order valence-corrected chi connectivity index (χ2v) is 5.33. The van der Waals surface area contributed by atoms with Crippen molar-refractivity contribution in [2.75, 3.05) is 10.7 Å². The average molecular weight is 377 g/mol. The number of carbonyl (C=O) groups excluding carboxylic acids is 1. The lowest BCUT2D eigenvalue weighted by Crippen LogP contribution is -2.15. The molecule has 2 aromatic carbocycles. The molecule has 0 saturated heterocycles. The second-order valence-electron chi connectivity index (χ2n) is 4.04. The van der Waals surface area contributed by atoms with Gasteiger partial charge in [-0.05, 0) is 46.3 Å². The van der Waals surface area contributed by atoms with Gasteiger partial charge in [-0.3, -0.25) is 10.6 Å². The number of hydrazine groups is 1. The van der Waals surface area contributed by atoms with Gasteiger partial charge in [-0.25, -0.2) is 8.78 Å². The highest BCUT2D eigenvalue weighted by molar-refractivity contribution is 9.10. The average Bonchev–Trinajstić information content (AvgIpc) is 2.42. The summed E-state index contributed by atoms with van der Waals surface area (Å²) in [6.45, 7) is 0. The molecule has 0 radical (unpaired) electrons. The predicted molar refractivity (Wildman–Crippen MR) is 81.3 cm³/mol. The van der Waals surface area contributed by atoms with Gasteiger partial charge in [0.25, 0.3) is 5.91 Å². The van der Waals surface area contributed by atoms with E-state index in [2.05, 4.69) is 21.2 Å². The summed E-state index contributed by atoms with van der Waals surface area (Å²) >= 11 is 9.06. The van der Waals surface area contributed by atoms with E-state index in [1.165, 1.54) is 6.07 Å². The van der Waals surface area contributed by atoms with E-state index in [9.17, 15) is 13.6 Å². The summed E-state index contributed by atoms with van der Waals surface area (Å²) in [5.74, 6) is 2.38. The predicted octanol–water partition coefficient (Wildman–Crippen LogP) is 3.92. The smallest absolute Gasteiger partial charge is 0.255 e. The standard InChI is InChI=1S/C13H9BrClF2N3O/c14-8-2-1-7(15)5-11(8)19-13(21)6-3-9(16)12(20-18)10(17)4-6/h1-5,20H,18H2,(H,19,21). The molecule has 8 heteroatoms. The summed E-state index contributed by atoms with van der Waals surface area (Å²) in [6, 6.07) is 6.53. The Kier molecular flexibility index (Phi) is 4.76. The van der Waals surface area contributed by atoms with E-state index >= 15 is 0 Å². The largest absolute Gasteiger partial charge is 0.321 e. The first-order chi connectivity index (χ1) is 9.92. The minimum Gasteiger partial charge on any atom is -0.321 e. The SMILES string of the molecule is NNc1c(F)cc(C(=O)Nc2cc(Cl)ccc2Br)cc1F. The summed E-state index contributed by atoms with van der Waals surface area (Å²) in [5.41, 5.74) is 1.58. The third kappa shape index (κ3) is 3.49. The van der Waals surface area contributed by atoms with Gasteiger partial charge in [0.05, 0.1) is 5.69 Å². The first-order valence-electron chi connectivity index (χ1n) is 5.64. The molecular weight excluding hydrogens is 368 g/mol. The number of halogens is 4. The maximum atomic E-state index is 13.6. The zero-order valence-electron chi connectivity index (χ0n) is 10.4. The van der Waals surface area contributed by atoms with Crippen LogP contribution in [0.4, 0.5) is 20.2 Å². The minimum atomic E-state index is -0.965. The molecule has 0 unspecified atom stereocenters. The quantitative estimate of drug-likeness (QED) is 0.562. The molecule has 21 heavy (non-hydrogen) atoms. The molecule has 1 amide bonds. The van der Waals surface area contributed by atoms with Crippen LogP contribution < -0.4 is 16.6 Å². The van der Waals surface area contributed by atoms with Crippen molar-refractivity contribution in [3.63, 3.8) is 0 Å². The highest BCUT2D eigenvalue weighted by atomic mass is 79.9. The summed E-state index contributed by atoms with van der Waals surface area (Å²) in [5, 5.41) is 2.91. The van der Waals surface area contributed by atoms with E-state index < -0.39 is 23.2 Å². The highest BCUT2D eigenvalue weighted by Crippen LogP contribution is 2.27. The lowest BCUT2D eigenvalue weighted by Gasteiger charge is -2.10. The first-order valence-corrected chi connectivity index (χ1v) is 6.81. The molecule has 0 aliphatic carbocycles. The molecule has 4 nitrogen and oxygen atoms in total. The number of rotatable bonds is 3. The van der Waals surface area contributed by atoms with Crippen LogP contribution in [0.1, 0.15) is 10.4 Å². The van der Waals surface area contributed by atoms with Gasteiger partial charge < -0.3 is 10.7 Å². The van der Waals surface area contributed by atoms with Crippen molar-refractivity contribution < 1.29 is 13.6 Å². The van der Waals surface area contributed by atoms with Gasteiger partial charge in [0.15, 0.2) is 11.6 Å². The molecule has 0 aliphatic heterocycles. The molecule has 0 aromatic heterocycles. The lowest BCUT2D eigenvalue weighted by molar-refractivity contribution is 0.102. The van der Waals surface area contributed by atoms with Crippen LogP contribution in [0.2, 0.25) is 5.02 Å². The Morgan fingerprint density at radius 3 is 2.38 bits per heavy atom. The molecule has 0 heterocycles. The molecule has 0 spiro atoms. The molecule has 4 N–H and O–H groups in total. The number of anilines is 2. The number of benzene rings is 2. The molecule has 110 valence electrons. The van der Waals surface area contributed by atoms with Crippen LogP contribution in [0.5, 0.6) is 0 Å². The fourth-order valence-corrected chi connectivity index (χ4v) is 2.15. The van der Waals surface area contributed by atoms with E-state index in [0.29, 0.717) is 15.2 Å². The van der Waals surface area contributed by atoms with Gasteiger partial charge in [-0.2, -0.15) is 0 Å². The van der Waals surface area contributed by atoms with E-state index in [4.69, 9.17) is 17.4 Å². The maximum absolute atomic E-state index is 13.6. The second kappa shape index (κ2) is 6.38. The Hall–Kier alpha value is -1.70. The third-order valence-corrected chi connectivity index (χ3v) is 3.55. The Morgan fingerprint density at radius 1 is 1.19 bits per heavy atom. The summed E-state index contributed by atoms with van der Waals surface area (Å²) in [7, 11) is 0. The van der Waals surface area contributed by atoms with Crippen molar-refractivity contribution in [1.29, 1.82) is 0 Å². The molecule has 0 bridgehead atoms. The number of amides is 1. The van der Waals surface area contributed by atoms with Crippen molar-refractivity contribution in [3.05, 3.63) is 57.0 Å². The fraction of sp³-hybridized carbons (Fsp3) is 0. The number of nitrogen functional groups attached to an aromatic ring is 1. The molecule has 2 rings (SSSR count). The van der Waals surface area contributed by atoms with Crippen LogP contribution in [0.15, 0.2) is 34.8 Å². The van der Waals surface area contributed by atoms with Crippen LogP contribution in [0, 0.1) is 11.6 Å². The maximum Gasteiger partial charge on any atom is 0.255 e. The van der Waals surface area contributed by atoms with E-state index in [0.717, 1.165) is 12.1 Å². The van der Waals surface area contributed by atoms with Crippen LogP contribution in [-0.4, -0.2) is 5.91 Å². The van der Waals surface area contributed by atoms with E-state index in [1.807, 2.05) is 5.43 Å². The highest BCUT2D eigenvalue weighted by Gasteiger charge is 2.15. The zero-order chi connectivity index (χ0) is 15.6.